The molecule has 15 heavy (non-hydrogen) atoms. The zero-order valence-corrected chi connectivity index (χ0v) is 10.4. The fourth-order valence-electron chi connectivity index (χ4n) is 4.56. The minimum atomic E-state index is -0.909. The van der Waals surface area contributed by atoms with E-state index in [4.69, 9.17) is 51.1 Å². The van der Waals surface area contributed by atoms with E-state index in [1.807, 2.05) is 0 Å². The highest BCUT2D eigenvalue weighted by Gasteiger charge is 2.93. The van der Waals surface area contributed by atoms with Crippen molar-refractivity contribution in [2.75, 3.05) is 0 Å². The van der Waals surface area contributed by atoms with Crippen LogP contribution >= 0.6 is 46.4 Å². The molecule has 2 unspecified atom stereocenters. The van der Waals surface area contributed by atoms with E-state index in [0.717, 1.165) is 11.8 Å². The molecular formula is C10H6Cl4O. The lowest BCUT2D eigenvalue weighted by Gasteiger charge is -2.28. The van der Waals surface area contributed by atoms with Crippen LogP contribution < -0.4 is 0 Å². The predicted octanol–water partition coefficient (Wildman–Crippen LogP) is 3.33. The van der Waals surface area contributed by atoms with Crippen LogP contribution in [0.5, 0.6) is 0 Å². The van der Waals surface area contributed by atoms with Gasteiger partial charge in [-0.1, -0.05) is 46.4 Å². The van der Waals surface area contributed by atoms with Crippen LogP contribution in [-0.2, 0) is 4.74 Å². The summed E-state index contributed by atoms with van der Waals surface area (Å²) in [5.74, 6) is 3.71. The summed E-state index contributed by atoms with van der Waals surface area (Å²) in [6, 6.07) is 0. The topological polar surface area (TPSA) is 9.23 Å². The molecule has 1 nitrogen and oxygen atoms in total. The molecule has 0 N–H and O–H groups in total. The normalized spacial score (nSPS) is 76.0. The number of fused-ring (bicyclic) bond motifs is 2. The van der Waals surface area contributed by atoms with Crippen molar-refractivity contribution in [3.05, 3.63) is 10.1 Å². The summed E-state index contributed by atoms with van der Waals surface area (Å²) in [6.07, 6.45) is 0. The quantitative estimate of drug-likeness (QED) is 0.620. The SMILES string of the molecule is ClC1=C(Cl)[C@@]2(Cl)O[C@]1(Cl)[C@@H]1C3C4C3C4[C@@H]12. The third kappa shape index (κ3) is 0.622. The number of alkyl halides is 2. The summed E-state index contributed by atoms with van der Waals surface area (Å²) >= 11 is 25.3. The maximum atomic E-state index is 6.49. The summed E-state index contributed by atoms with van der Waals surface area (Å²) < 4.78 is 5.75. The highest BCUT2D eigenvalue weighted by molar-refractivity contribution is 6.49. The molecule has 4 saturated carbocycles. The van der Waals surface area contributed by atoms with E-state index < -0.39 is 10.1 Å². The van der Waals surface area contributed by atoms with Gasteiger partial charge in [-0.15, -0.1) is 0 Å². The van der Waals surface area contributed by atoms with Crippen molar-refractivity contribution in [2.24, 2.45) is 35.5 Å². The van der Waals surface area contributed by atoms with Crippen LogP contribution in [-0.4, -0.2) is 10.1 Å². The molecule has 80 valence electrons. The van der Waals surface area contributed by atoms with Gasteiger partial charge in [0.25, 0.3) is 0 Å². The van der Waals surface area contributed by atoms with E-state index in [-0.39, 0.29) is 0 Å². The highest BCUT2D eigenvalue weighted by atomic mass is 35.5. The van der Waals surface area contributed by atoms with Crippen molar-refractivity contribution in [1.29, 1.82) is 0 Å². The first-order valence-corrected chi connectivity index (χ1v) is 6.67. The van der Waals surface area contributed by atoms with Crippen molar-refractivity contribution < 1.29 is 4.74 Å². The number of hydrogen-bond donors (Lipinski definition) is 0. The van der Waals surface area contributed by atoms with Gasteiger partial charge in [-0.25, -0.2) is 0 Å². The summed E-state index contributed by atoms with van der Waals surface area (Å²) in [4.78, 5) is 0. The number of halogens is 4. The molecule has 6 aliphatic rings. The van der Waals surface area contributed by atoms with Crippen LogP contribution in [0.1, 0.15) is 0 Å². The van der Waals surface area contributed by atoms with Crippen molar-refractivity contribution in [3.8, 4) is 0 Å². The number of ether oxygens (including phenoxy) is 1. The van der Waals surface area contributed by atoms with Crippen LogP contribution in [0.2, 0.25) is 0 Å². The van der Waals surface area contributed by atoms with Gasteiger partial charge in [0.05, 0.1) is 10.1 Å². The van der Waals surface area contributed by atoms with Gasteiger partial charge in [-0.05, 0) is 23.7 Å². The maximum absolute atomic E-state index is 6.49. The predicted molar refractivity (Wildman–Crippen MR) is 57.9 cm³/mol. The largest absolute Gasteiger partial charge is 0.327 e. The average Bonchev–Trinajstić information content (AvgIpc) is 2.93. The van der Waals surface area contributed by atoms with Crippen LogP contribution in [0.25, 0.3) is 0 Å². The zero-order chi connectivity index (χ0) is 10.3. The smallest absolute Gasteiger partial charge is 0.185 e. The van der Waals surface area contributed by atoms with Gasteiger partial charge < -0.3 is 4.74 Å². The minimum Gasteiger partial charge on any atom is -0.327 e. The fraction of sp³-hybridized carbons (Fsp3) is 0.800. The van der Waals surface area contributed by atoms with Crippen molar-refractivity contribution >= 4 is 46.4 Å². The minimum absolute atomic E-state index is 0.298. The van der Waals surface area contributed by atoms with Gasteiger partial charge in [0.1, 0.15) is 0 Å². The van der Waals surface area contributed by atoms with Crippen LogP contribution in [0, 0.1) is 35.5 Å². The zero-order valence-electron chi connectivity index (χ0n) is 7.38. The lowest BCUT2D eigenvalue weighted by molar-refractivity contribution is 0.0305. The second-order valence-electron chi connectivity index (χ2n) is 5.38. The molecule has 5 heteroatoms. The Morgan fingerprint density at radius 2 is 1.20 bits per heavy atom. The van der Waals surface area contributed by atoms with E-state index in [1.54, 1.807) is 0 Å². The molecular weight excluding hydrogens is 278 g/mol. The van der Waals surface area contributed by atoms with E-state index in [1.165, 1.54) is 0 Å². The van der Waals surface area contributed by atoms with Gasteiger partial charge in [-0.3, -0.25) is 0 Å². The third-order valence-electron chi connectivity index (χ3n) is 5.10. The molecule has 0 amide bonds. The van der Waals surface area contributed by atoms with Gasteiger partial charge in [0.15, 0.2) is 10.1 Å². The molecule has 0 aromatic heterocycles. The summed E-state index contributed by atoms with van der Waals surface area (Å²) in [5.41, 5.74) is 0. The molecule has 0 spiro atoms. The molecule has 5 fully saturated rings. The van der Waals surface area contributed by atoms with Gasteiger partial charge >= 0.3 is 0 Å². The van der Waals surface area contributed by atoms with E-state index in [2.05, 4.69) is 0 Å². The Hall–Kier alpha value is 0.860. The summed E-state index contributed by atoms with van der Waals surface area (Å²) in [5, 5.41) is -0.967. The molecule has 0 aromatic rings. The second kappa shape index (κ2) is 1.99. The lowest BCUT2D eigenvalue weighted by atomic mass is 9.85. The first kappa shape index (κ1) is 8.88. The molecule has 0 aromatic carbocycles. The maximum Gasteiger partial charge on any atom is 0.185 e. The average molecular weight is 284 g/mol. The van der Waals surface area contributed by atoms with Crippen molar-refractivity contribution in [3.63, 3.8) is 0 Å². The second-order valence-corrected chi connectivity index (χ2v) is 7.26. The standard InChI is InChI=1S/C10H6Cl4O/c11-7-8(12)10(14)6-4-1-2(4)3(1)5(6)9(7,13)15-10/h1-6H/t1?,2?,3?,4?,5-,6+,9-,10+. The van der Waals surface area contributed by atoms with Gasteiger partial charge in [0, 0.05) is 11.8 Å². The summed E-state index contributed by atoms with van der Waals surface area (Å²) in [7, 11) is 0. The fourth-order valence-corrected chi connectivity index (χ4v) is 6.31. The first-order chi connectivity index (χ1) is 7.02. The monoisotopic (exact) mass is 282 g/mol. The molecule has 1 saturated heterocycles. The molecule has 2 aliphatic heterocycles. The van der Waals surface area contributed by atoms with Crippen molar-refractivity contribution in [2.45, 2.75) is 10.1 Å². The molecule has 2 heterocycles. The Labute approximate surface area is 107 Å². The first-order valence-electron chi connectivity index (χ1n) is 5.16. The molecule has 4 bridgehead atoms. The number of rotatable bonds is 0. The Bertz CT molecular complexity index is 414. The third-order valence-corrected chi connectivity index (χ3v) is 7.37. The molecule has 4 aliphatic carbocycles. The van der Waals surface area contributed by atoms with Gasteiger partial charge in [-0.2, -0.15) is 0 Å². The molecule has 6 atom stereocenters. The summed E-state index contributed by atoms with van der Waals surface area (Å²) in [6.45, 7) is 0. The van der Waals surface area contributed by atoms with Crippen LogP contribution in [0.15, 0.2) is 10.1 Å². The van der Waals surface area contributed by atoms with E-state index in [9.17, 15) is 0 Å². The van der Waals surface area contributed by atoms with E-state index in [0.29, 0.717) is 33.7 Å². The highest BCUT2D eigenvalue weighted by Crippen LogP contribution is 2.93. The Balaban J connectivity index is 1.80. The Morgan fingerprint density at radius 3 is 1.60 bits per heavy atom. The molecule has 0 radical (unpaired) electrons. The lowest BCUT2D eigenvalue weighted by Crippen LogP contribution is -2.33. The number of hydrogen-bond acceptors (Lipinski definition) is 1. The Morgan fingerprint density at radius 1 is 0.800 bits per heavy atom. The van der Waals surface area contributed by atoms with Crippen molar-refractivity contribution in [1.82, 2.24) is 0 Å². The Kier molecular flexibility index (Phi) is 1.18. The molecule has 6 rings (SSSR count). The van der Waals surface area contributed by atoms with E-state index >= 15 is 0 Å². The van der Waals surface area contributed by atoms with Crippen LogP contribution in [0.4, 0.5) is 0 Å². The van der Waals surface area contributed by atoms with Crippen LogP contribution in [0.3, 0.4) is 0 Å². The van der Waals surface area contributed by atoms with Gasteiger partial charge in [0.2, 0.25) is 0 Å².